The first-order valence-electron chi connectivity index (χ1n) is 6.54. The SMILES string of the molecule is CCNCC1CCN(S(=O)(=O)NCCOC)CC1. The van der Waals surface area contributed by atoms with Crippen LogP contribution in [-0.4, -0.2) is 59.2 Å². The summed E-state index contributed by atoms with van der Waals surface area (Å²) in [4.78, 5) is 0. The zero-order valence-electron chi connectivity index (χ0n) is 11.3. The van der Waals surface area contributed by atoms with Gasteiger partial charge in [-0.2, -0.15) is 17.4 Å². The lowest BCUT2D eigenvalue weighted by molar-refractivity contribution is 0.202. The average molecular weight is 279 g/mol. The van der Waals surface area contributed by atoms with Crippen molar-refractivity contribution in [2.24, 2.45) is 5.92 Å². The molecular weight excluding hydrogens is 254 g/mol. The van der Waals surface area contributed by atoms with Gasteiger partial charge in [0.2, 0.25) is 0 Å². The molecule has 0 unspecified atom stereocenters. The maximum absolute atomic E-state index is 11.9. The number of nitrogens with zero attached hydrogens (tertiary/aromatic N) is 1. The molecule has 2 N–H and O–H groups in total. The van der Waals surface area contributed by atoms with Gasteiger partial charge in [-0.05, 0) is 31.8 Å². The fourth-order valence-corrected chi connectivity index (χ4v) is 3.28. The lowest BCUT2D eigenvalue weighted by atomic mass is 9.98. The fourth-order valence-electron chi connectivity index (χ4n) is 2.07. The minimum atomic E-state index is -3.32. The highest BCUT2D eigenvalue weighted by Crippen LogP contribution is 2.18. The van der Waals surface area contributed by atoms with Crippen molar-refractivity contribution >= 4 is 10.2 Å². The highest BCUT2D eigenvalue weighted by Gasteiger charge is 2.27. The molecular formula is C11H25N3O3S. The Kier molecular flexibility index (Phi) is 7.10. The van der Waals surface area contributed by atoms with Crippen molar-refractivity contribution in [3.63, 3.8) is 0 Å². The summed E-state index contributed by atoms with van der Waals surface area (Å²) in [5.41, 5.74) is 0. The van der Waals surface area contributed by atoms with Gasteiger partial charge in [-0.1, -0.05) is 6.92 Å². The molecule has 0 amide bonds. The van der Waals surface area contributed by atoms with Gasteiger partial charge in [0.05, 0.1) is 6.61 Å². The molecule has 1 aliphatic heterocycles. The number of hydrogen-bond donors (Lipinski definition) is 2. The second-order valence-electron chi connectivity index (χ2n) is 4.54. The van der Waals surface area contributed by atoms with Crippen molar-refractivity contribution in [2.45, 2.75) is 19.8 Å². The van der Waals surface area contributed by atoms with E-state index in [1.807, 2.05) is 0 Å². The van der Waals surface area contributed by atoms with Gasteiger partial charge in [0.1, 0.15) is 0 Å². The average Bonchev–Trinajstić information content (AvgIpc) is 2.37. The quantitative estimate of drug-likeness (QED) is 0.603. The van der Waals surface area contributed by atoms with E-state index < -0.39 is 10.2 Å². The molecule has 7 heteroatoms. The predicted octanol–water partition coefficient (Wildman–Crippen LogP) is -0.211. The smallest absolute Gasteiger partial charge is 0.279 e. The summed E-state index contributed by atoms with van der Waals surface area (Å²) in [5.74, 6) is 0.593. The summed E-state index contributed by atoms with van der Waals surface area (Å²) in [6.45, 7) is 5.99. The third-order valence-corrected chi connectivity index (χ3v) is 4.80. The standard InChI is InChI=1S/C11H25N3O3S/c1-3-12-10-11-4-7-14(8-5-11)18(15,16)13-6-9-17-2/h11-13H,3-10H2,1-2H3. The topological polar surface area (TPSA) is 70.7 Å². The summed E-state index contributed by atoms with van der Waals surface area (Å²) in [7, 11) is -1.76. The Hall–Kier alpha value is -0.210. The van der Waals surface area contributed by atoms with Crippen LogP contribution in [-0.2, 0) is 14.9 Å². The number of hydrogen-bond acceptors (Lipinski definition) is 4. The normalized spacial score (nSPS) is 19.2. The van der Waals surface area contributed by atoms with E-state index in [0.29, 0.717) is 32.2 Å². The van der Waals surface area contributed by atoms with Crippen LogP contribution in [0, 0.1) is 5.92 Å². The highest BCUT2D eigenvalue weighted by molar-refractivity contribution is 7.87. The maximum atomic E-state index is 11.9. The summed E-state index contributed by atoms with van der Waals surface area (Å²) >= 11 is 0. The zero-order valence-corrected chi connectivity index (χ0v) is 12.1. The van der Waals surface area contributed by atoms with E-state index in [4.69, 9.17) is 4.74 Å². The van der Waals surface area contributed by atoms with Crippen molar-refractivity contribution in [1.82, 2.24) is 14.3 Å². The molecule has 0 saturated carbocycles. The number of ether oxygens (including phenoxy) is 1. The second kappa shape index (κ2) is 8.06. The van der Waals surface area contributed by atoms with Crippen molar-refractivity contribution < 1.29 is 13.2 Å². The Bertz CT molecular complexity index is 313. The van der Waals surface area contributed by atoms with E-state index in [9.17, 15) is 8.42 Å². The first-order valence-corrected chi connectivity index (χ1v) is 7.98. The van der Waals surface area contributed by atoms with Crippen LogP contribution < -0.4 is 10.0 Å². The van der Waals surface area contributed by atoms with Crippen molar-refractivity contribution in [2.75, 3.05) is 46.4 Å². The van der Waals surface area contributed by atoms with Gasteiger partial charge >= 0.3 is 0 Å². The lowest BCUT2D eigenvalue weighted by Crippen LogP contribution is -2.46. The zero-order chi connectivity index (χ0) is 13.4. The molecule has 1 rings (SSSR count). The van der Waals surface area contributed by atoms with E-state index in [1.165, 1.54) is 4.31 Å². The van der Waals surface area contributed by atoms with Crippen LogP contribution in [0.4, 0.5) is 0 Å². The largest absolute Gasteiger partial charge is 0.383 e. The fraction of sp³-hybridized carbons (Fsp3) is 1.00. The summed E-state index contributed by atoms with van der Waals surface area (Å²) < 4.78 is 32.8. The van der Waals surface area contributed by atoms with Crippen LogP contribution in [0.5, 0.6) is 0 Å². The first kappa shape index (κ1) is 15.8. The van der Waals surface area contributed by atoms with Crippen molar-refractivity contribution in [3.8, 4) is 0 Å². The summed E-state index contributed by atoms with van der Waals surface area (Å²) in [6, 6.07) is 0. The Labute approximate surface area is 110 Å². The van der Waals surface area contributed by atoms with E-state index >= 15 is 0 Å². The molecule has 0 spiro atoms. The molecule has 0 aromatic rings. The maximum Gasteiger partial charge on any atom is 0.279 e. The van der Waals surface area contributed by atoms with Gasteiger partial charge in [-0.15, -0.1) is 0 Å². The van der Waals surface area contributed by atoms with Crippen molar-refractivity contribution in [1.29, 1.82) is 0 Å². The second-order valence-corrected chi connectivity index (χ2v) is 6.30. The number of nitrogens with one attached hydrogen (secondary N) is 2. The molecule has 1 fully saturated rings. The van der Waals surface area contributed by atoms with Crippen LogP contribution in [0.25, 0.3) is 0 Å². The number of methoxy groups -OCH3 is 1. The summed E-state index contributed by atoms with van der Waals surface area (Å²) in [6.07, 6.45) is 1.86. The molecule has 1 saturated heterocycles. The third-order valence-electron chi connectivity index (χ3n) is 3.19. The predicted molar refractivity (Wildman–Crippen MR) is 71.6 cm³/mol. The molecule has 0 aromatic carbocycles. The molecule has 108 valence electrons. The van der Waals surface area contributed by atoms with Gasteiger partial charge in [-0.3, -0.25) is 0 Å². The molecule has 1 heterocycles. The Morgan fingerprint density at radius 1 is 1.33 bits per heavy atom. The van der Waals surface area contributed by atoms with Gasteiger partial charge in [0.15, 0.2) is 0 Å². The lowest BCUT2D eigenvalue weighted by Gasteiger charge is -2.31. The van der Waals surface area contributed by atoms with E-state index in [1.54, 1.807) is 7.11 Å². The molecule has 0 aliphatic carbocycles. The summed E-state index contributed by atoms with van der Waals surface area (Å²) in [5, 5.41) is 3.31. The van der Waals surface area contributed by atoms with Crippen LogP contribution in [0.15, 0.2) is 0 Å². The Balaban J connectivity index is 2.32. The monoisotopic (exact) mass is 279 g/mol. The van der Waals surface area contributed by atoms with Gasteiger partial charge in [-0.25, -0.2) is 0 Å². The van der Waals surface area contributed by atoms with Gasteiger partial charge in [0.25, 0.3) is 10.2 Å². The van der Waals surface area contributed by atoms with Crippen molar-refractivity contribution in [3.05, 3.63) is 0 Å². The molecule has 6 nitrogen and oxygen atoms in total. The van der Waals surface area contributed by atoms with E-state index in [-0.39, 0.29) is 0 Å². The number of piperidine rings is 1. The molecule has 1 aliphatic rings. The van der Waals surface area contributed by atoms with Crippen LogP contribution in [0.1, 0.15) is 19.8 Å². The Morgan fingerprint density at radius 2 is 2.00 bits per heavy atom. The molecule has 0 bridgehead atoms. The molecule has 18 heavy (non-hydrogen) atoms. The van der Waals surface area contributed by atoms with Crippen LogP contribution >= 0.6 is 0 Å². The first-order chi connectivity index (χ1) is 8.60. The minimum Gasteiger partial charge on any atom is -0.383 e. The van der Waals surface area contributed by atoms with Crippen LogP contribution in [0.3, 0.4) is 0 Å². The Morgan fingerprint density at radius 3 is 2.56 bits per heavy atom. The molecule has 0 atom stereocenters. The third kappa shape index (κ3) is 5.19. The van der Waals surface area contributed by atoms with Gasteiger partial charge < -0.3 is 10.1 Å². The highest BCUT2D eigenvalue weighted by atomic mass is 32.2. The minimum absolute atomic E-state index is 0.330. The van der Waals surface area contributed by atoms with Gasteiger partial charge in [0, 0.05) is 26.7 Å². The molecule has 0 radical (unpaired) electrons. The number of rotatable bonds is 8. The van der Waals surface area contributed by atoms with E-state index in [0.717, 1.165) is 25.9 Å². The molecule has 0 aromatic heterocycles. The van der Waals surface area contributed by atoms with E-state index in [2.05, 4.69) is 17.0 Å². The van der Waals surface area contributed by atoms with Crippen LogP contribution in [0.2, 0.25) is 0 Å².